The largest absolute Gasteiger partial charge is 0.466 e. The lowest BCUT2D eigenvalue weighted by molar-refractivity contribution is -0.143. The van der Waals surface area contributed by atoms with E-state index in [-0.39, 0.29) is 12.0 Å². The lowest BCUT2D eigenvalue weighted by atomic mass is 10.1. The molecule has 3 nitrogen and oxygen atoms in total. The lowest BCUT2D eigenvalue weighted by Crippen LogP contribution is -2.21. The molecule has 0 bridgehead atoms. The van der Waals surface area contributed by atoms with Gasteiger partial charge in [0.05, 0.1) is 13.0 Å². The zero-order valence-corrected chi connectivity index (χ0v) is 10.7. The number of hydrogen-bond acceptors (Lipinski definition) is 3. The average molecular weight is 284 g/mol. The molecule has 2 rings (SSSR count). The van der Waals surface area contributed by atoms with E-state index in [9.17, 15) is 4.79 Å². The van der Waals surface area contributed by atoms with Crippen LogP contribution in [0.3, 0.4) is 0 Å². The Labute approximate surface area is 103 Å². The second kappa shape index (κ2) is 4.87. The highest BCUT2D eigenvalue weighted by molar-refractivity contribution is 9.10. The van der Waals surface area contributed by atoms with Crippen molar-refractivity contribution in [2.75, 3.05) is 11.9 Å². The molecular weight excluding hydrogens is 270 g/mol. The molecule has 1 heterocycles. The Kier molecular flexibility index (Phi) is 3.49. The Morgan fingerprint density at radius 1 is 1.62 bits per heavy atom. The first kappa shape index (κ1) is 11.5. The molecule has 0 saturated heterocycles. The minimum Gasteiger partial charge on any atom is -0.466 e. The van der Waals surface area contributed by atoms with Crippen molar-refractivity contribution >= 4 is 27.6 Å². The van der Waals surface area contributed by atoms with E-state index in [1.54, 1.807) is 0 Å². The summed E-state index contributed by atoms with van der Waals surface area (Å²) in [4.78, 5) is 11.3. The van der Waals surface area contributed by atoms with Gasteiger partial charge in [0.2, 0.25) is 0 Å². The van der Waals surface area contributed by atoms with Crippen LogP contribution in [-0.2, 0) is 16.0 Å². The van der Waals surface area contributed by atoms with E-state index in [0.717, 1.165) is 16.6 Å². The van der Waals surface area contributed by atoms with Crippen LogP contribution in [0.15, 0.2) is 22.7 Å². The second-order valence-electron chi connectivity index (χ2n) is 3.86. The predicted molar refractivity (Wildman–Crippen MR) is 66.5 cm³/mol. The number of ether oxygens (including phenoxy) is 1. The number of anilines is 1. The summed E-state index contributed by atoms with van der Waals surface area (Å²) in [6, 6.07) is 6.31. The summed E-state index contributed by atoms with van der Waals surface area (Å²) in [5.74, 6) is -0.133. The van der Waals surface area contributed by atoms with Crippen LogP contribution in [0.1, 0.15) is 18.9 Å². The molecule has 0 saturated carbocycles. The Hall–Kier alpha value is -1.03. The molecule has 1 aromatic rings. The van der Waals surface area contributed by atoms with Gasteiger partial charge in [-0.05, 0) is 31.0 Å². The second-order valence-corrected chi connectivity index (χ2v) is 4.77. The van der Waals surface area contributed by atoms with Gasteiger partial charge in [0, 0.05) is 16.2 Å². The fraction of sp³-hybridized carbons (Fsp3) is 0.417. The molecule has 0 aromatic heterocycles. The van der Waals surface area contributed by atoms with Crippen molar-refractivity contribution in [3.8, 4) is 0 Å². The van der Waals surface area contributed by atoms with Crippen molar-refractivity contribution < 1.29 is 9.53 Å². The number of carbonyl (C=O) groups is 1. The normalized spacial score (nSPS) is 17.8. The van der Waals surface area contributed by atoms with E-state index in [1.807, 2.05) is 19.1 Å². The van der Waals surface area contributed by atoms with Crippen molar-refractivity contribution in [1.82, 2.24) is 0 Å². The summed E-state index contributed by atoms with van der Waals surface area (Å²) in [5, 5.41) is 3.33. The highest BCUT2D eigenvalue weighted by Gasteiger charge is 2.23. The quantitative estimate of drug-likeness (QED) is 0.867. The van der Waals surface area contributed by atoms with Crippen LogP contribution in [0.25, 0.3) is 0 Å². The van der Waals surface area contributed by atoms with Gasteiger partial charge < -0.3 is 10.1 Å². The van der Waals surface area contributed by atoms with Crippen LogP contribution < -0.4 is 5.32 Å². The van der Waals surface area contributed by atoms with Crippen molar-refractivity contribution in [2.24, 2.45) is 0 Å². The van der Waals surface area contributed by atoms with E-state index in [2.05, 4.69) is 27.3 Å². The molecule has 4 heteroatoms. The maximum Gasteiger partial charge on any atom is 0.307 e. The number of halogens is 1. The van der Waals surface area contributed by atoms with Crippen molar-refractivity contribution in [1.29, 1.82) is 0 Å². The Morgan fingerprint density at radius 3 is 3.19 bits per heavy atom. The minimum absolute atomic E-state index is 0.133. The number of rotatable bonds is 3. The van der Waals surface area contributed by atoms with Crippen LogP contribution >= 0.6 is 15.9 Å². The highest BCUT2D eigenvalue weighted by Crippen LogP contribution is 2.29. The van der Waals surface area contributed by atoms with Gasteiger partial charge in [0.25, 0.3) is 0 Å². The molecule has 0 radical (unpaired) electrons. The maximum absolute atomic E-state index is 11.3. The first-order chi connectivity index (χ1) is 7.69. The molecule has 1 aliphatic rings. The molecule has 0 aliphatic carbocycles. The smallest absolute Gasteiger partial charge is 0.307 e. The topological polar surface area (TPSA) is 38.3 Å². The summed E-state index contributed by atoms with van der Waals surface area (Å²) < 4.78 is 5.99. The maximum atomic E-state index is 11.3. The lowest BCUT2D eigenvalue weighted by Gasteiger charge is -2.09. The Balaban J connectivity index is 1.97. The highest BCUT2D eigenvalue weighted by atomic mass is 79.9. The number of benzene rings is 1. The van der Waals surface area contributed by atoms with Crippen molar-refractivity contribution in [2.45, 2.75) is 25.8 Å². The van der Waals surface area contributed by atoms with E-state index < -0.39 is 0 Å². The molecule has 0 fully saturated rings. The molecule has 1 aliphatic heterocycles. The van der Waals surface area contributed by atoms with Crippen LogP contribution in [-0.4, -0.2) is 18.6 Å². The molecule has 1 aromatic carbocycles. The van der Waals surface area contributed by atoms with Crippen LogP contribution in [0, 0.1) is 0 Å². The number of carbonyl (C=O) groups excluding carboxylic acids is 1. The summed E-state index contributed by atoms with van der Waals surface area (Å²) >= 11 is 3.43. The van der Waals surface area contributed by atoms with Gasteiger partial charge in [-0.2, -0.15) is 0 Å². The fourth-order valence-electron chi connectivity index (χ4n) is 1.94. The standard InChI is InChI=1S/C12H14BrNO2/c1-2-16-12(15)7-10-5-8-3-4-9(13)6-11(8)14-10/h3-4,6,10,14H,2,5,7H2,1H3. The SMILES string of the molecule is CCOC(=O)CC1Cc2ccc(Br)cc2N1. The van der Waals surface area contributed by atoms with Crippen LogP contribution in [0.4, 0.5) is 5.69 Å². The van der Waals surface area contributed by atoms with Gasteiger partial charge in [0.15, 0.2) is 0 Å². The fourth-order valence-corrected chi connectivity index (χ4v) is 2.30. The van der Waals surface area contributed by atoms with Crippen LogP contribution in [0.5, 0.6) is 0 Å². The van der Waals surface area contributed by atoms with Crippen molar-refractivity contribution in [3.05, 3.63) is 28.2 Å². The van der Waals surface area contributed by atoms with Crippen molar-refractivity contribution in [3.63, 3.8) is 0 Å². The number of fused-ring (bicyclic) bond motifs is 1. The van der Waals surface area contributed by atoms with Crippen LogP contribution in [0.2, 0.25) is 0 Å². The molecule has 0 spiro atoms. The van der Waals surface area contributed by atoms with Gasteiger partial charge in [-0.25, -0.2) is 0 Å². The van der Waals surface area contributed by atoms with Gasteiger partial charge in [0.1, 0.15) is 0 Å². The van der Waals surface area contributed by atoms with E-state index >= 15 is 0 Å². The molecule has 0 amide bonds. The van der Waals surface area contributed by atoms with Gasteiger partial charge >= 0.3 is 5.97 Å². The summed E-state index contributed by atoms with van der Waals surface area (Å²) in [5.41, 5.74) is 2.38. The Bertz CT molecular complexity index is 406. The summed E-state index contributed by atoms with van der Waals surface area (Å²) in [6.45, 7) is 2.27. The third-order valence-corrected chi connectivity index (χ3v) is 3.11. The first-order valence-corrected chi connectivity index (χ1v) is 6.19. The molecule has 1 atom stereocenters. The Morgan fingerprint density at radius 2 is 2.44 bits per heavy atom. The minimum atomic E-state index is -0.133. The van der Waals surface area contributed by atoms with E-state index in [0.29, 0.717) is 13.0 Å². The molecule has 86 valence electrons. The summed E-state index contributed by atoms with van der Waals surface area (Å²) in [6.07, 6.45) is 1.32. The first-order valence-electron chi connectivity index (χ1n) is 5.39. The zero-order valence-electron chi connectivity index (χ0n) is 9.13. The molecule has 16 heavy (non-hydrogen) atoms. The number of hydrogen-bond donors (Lipinski definition) is 1. The number of esters is 1. The molecule has 1 unspecified atom stereocenters. The molecular formula is C12H14BrNO2. The van der Waals surface area contributed by atoms with E-state index in [1.165, 1.54) is 5.56 Å². The van der Waals surface area contributed by atoms with E-state index in [4.69, 9.17) is 4.74 Å². The predicted octanol–water partition coefficient (Wildman–Crippen LogP) is 2.74. The third kappa shape index (κ3) is 2.55. The van der Waals surface area contributed by atoms with Gasteiger partial charge in [-0.3, -0.25) is 4.79 Å². The van der Waals surface area contributed by atoms with Gasteiger partial charge in [-0.15, -0.1) is 0 Å². The zero-order chi connectivity index (χ0) is 11.5. The monoisotopic (exact) mass is 283 g/mol. The molecule has 1 N–H and O–H groups in total. The third-order valence-electron chi connectivity index (χ3n) is 2.62. The summed E-state index contributed by atoms with van der Waals surface area (Å²) in [7, 11) is 0. The van der Waals surface area contributed by atoms with Gasteiger partial charge in [-0.1, -0.05) is 22.0 Å². The number of nitrogens with one attached hydrogen (secondary N) is 1. The average Bonchev–Trinajstić information content (AvgIpc) is 2.59.